The van der Waals surface area contributed by atoms with Crippen molar-refractivity contribution in [3.8, 4) is 0 Å². The van der Waals surface area contributed by atoms with Crippen LogP contribution in [0.1, 0.15) is 0 Å². The largest absolute Gasteiger partial charge is 0.424 e. The molecule has 1 aromatic heterocycles. The van der Waals surface area contributed by atoms with E-state index in [0.29, 0.717) is 20.7 Å². The van der Waals surface area contributed by atoms with E-state index in [1.165, 1.54) is 6.07 Å². The summed E-state index contributed by atoms with van der Waals surface area (Å²) in [6, 6.07) is 4.73. The van der Waals surface area contributed by atoms with Crippen LogP contribution < -0.4 is 5.56 Å². The van der Waals surface area contributed by atoms with Crippen LogP contribution in [-0.2, 0) is 0 Å². The van der Waals surface area contributed by atoms with E-state index in [2.05, 4.69) is 4.98 Å². The maximum Gasteiger partial charge on any atom is 0.293 e. The van der Waals surface area contributed by atoms with E-state index in [-0.39, 0.29) is 0 Å². The Balaban J connectivity index is 2.97. The second-order valence-corrected chi connectivity index (χ2v) is 2.99. The summed E-state index contributed by atoms with van der Waals surface area (Å²) in [5.41, 5.74) is -0.00722. The van der Waals surface area contributed by atoms with Crippen LogP contribution in [-0.4, -0.2) is 14.9 Å². The van der Waals surface area contributed by atoms with Gasteiger partial charge in [-0.05, 0) is 18.2 Å². The summed E-state index contributed by atoms with van der Waals surface area (Å²) in [5.74, 6) is 0. The molecule has 0 aliphatic carbocycles. The monoisotopic (exact) mass is 196 g/mol. The Bertz CT molecular complexity index is 516. The molecule has 0 fully saturated rings. The van der Waals surface area contributed by atoms with Crippen molar-refractivity contribution in [3.05, 3.63) is 39.9 Å². The molecule has 1 N–H and O–H groups in total. The lowest BCUT2D eigenvalue weighted by Gasteiger charge is -1.98. The van der Waals surface area contributed by atoms with Crippen molar-refractivity contribution in [2.45, 2.75) is 0 Å². The Morgan fingerprint density at radius 1 is 1.46 bits per heavy atom. The zero-order valence-corrected chi connectivity index (χ0v) is 7.19. The van der Waals surface area contributed by atoms with E-state index >= 15 is 0 Å². The predicted molar refractivity (Wildman–Crippen MR) is 48.2 cm³/mol. The Morgan fingerprint density at radius 2 is 2.23 bits per heavy atom. The molecule has 2 rings (SSSR count). The minimum atomic E-state index is -0.521. The highest BCUT2D eigenvalue weighted by Crippen LogP contribution is 2.13. The number of benzene rings is 1. The SMILES string of the molecule is O=c1c2cc(Cl)ccc2ncn1O. The van der Waals surface area contributed by atoms with Gasteiger partial charge in [0.05, 0.1) is 10.9 Å². The first-order chi connectivity index (χ1) is 6.18. The Labute approximate surface area is 78.0 Å². The summed E-state index contributed by atoms with van der Waals surface area (Å²) in [6.07, 6.45) is 1.05. The van der Waals surface area contributed by atoms with Gasteiger partial charge in [0.2, 0.25) is 0 Å². The van der Waals surface area contributed by atoms with Crippen molar-refractivity contribution in [3.63, 3.8) is 0 Å². The zero-order chi connectivity index (χ0) is 9.42. The first-order valence-corrected chi connectivity index (χ1v) is 3.92. The maximum atomic E-state index is 11.3. The van der Waals surface area contributed by atoms with Crippen LogP contribution in [0.2, 0.25) is 5.02 Å². The number of aromatic nitrogens is 2. The summed E-state index contributed by atoms with van der Waals surface area (Å²) < 4.78 is 0.429. The molecule has 1 heterocycles. The van der Waals surface area contributed by atoms with E-state index in [1.807, 2.05) is 0 Å². The van der Waals surface area contributed by atoms with Crippen molar-refractivity contribution < 1.29 is 5.21 Å². The lowest BCUT2D eigenvalue weighted by Crippen LogP contribution is -2.17. The van der Waals surface area contributed by atoms with Gasteiger partial charge in [-0.3, -0.25) is 4.79 Å². The quantitative estimate of drug-likeness (QED) is 0.646. The van der Waals surface area contributed by atoms with Crippen LogP contribution in [0.4, 0.5) is 0 Å². The Morgan fingerprint density at radius 3 is 3.00 bits per heavy atom. The molecule has 0 spiro atoms. The molecular weight excluding hydrogens is 192 g/mol. The van der Waals surface area contributed by atoms with Gasteiger partial charge in [0.25, 0.3) is 5.56 Å². The number of halogens is 1. The minimum absolute atomic E-state index is 0.303. The van der Waals surface area contributed by atoms with Gasteiger partial charge in [-0.1, -0.05) is 11.6 Å². The molecule has 5 heteroatoms. The molecule has 4 nitrogen and oxygen atoms in total. The molecule has 0 amide bonds. The second kappa shape index (κ2) is 2.74. The molecular formula is C8H5ClN2O2. The summed E-state index contributed by atoms with van der Waals surface area (Å²) in [6.45, 7) is 0. The molecule has 0 unspecified atom stereocenters. The number of rotatable bonds is 0. The van der Waals surface area contributed by atoms with Gasteiger partial charge in [-0.25, -0.2) is 4.98 Å². The van der Waals surface area contributed by atoms with Crippen LogP contribution in [0.25, 0.3) is 10.9 Å². The molecule has 0 radical (unpaired) electrons. The van der Waals surface area contributed by atoms with E-state index in [4.69, 9.17) is 16.8 Å². The highest BCUT2D eigenvalue weighted by molar-refractivity contribution is 6.31. The van der Waals surface area contributed by atoms with Crippen LogP contribution in [0.15, 0.2) is 29.3 Å². The van der Waals surface area contributed by atoms with Gasteiger partial charge < -0.3 is 5.21 Å². The number of hydrogen-bond acceptors (Lipinski definition) is 3. The molecule has 0 aliphatic rings. The highest BCUT2D eigenvalue weighted by atomic mass is 35.5. The van der Waals surface area contributed by atoms with Crippen LogP contribution in [0.3, 0.4) is 0 Å². The fraction of sp³-hybridized carbons (Fsp3) is 0. The molecule has 0 aliphatic heterocycles. The third kappa shape index (κ3) is 1.25. The number of fused-ring (bicyclic) bond motifs is 1. The van der Waals surface area contributed by atoms with Crippen molar-refractivity contribution in [2.75, 3.05) is 0 Å². The van der Waals surface area contributed by atoms with E-state index in [0.717, 1.165) is 6.33 Å². The standard InChI is InChI=1S/C8H5ClN2O2/c9-5-1-2-7-6(3-5)8(12)11(13)4-10-7/h1-4,13H. The molecule has 0 atom stereocenters. The smallest absolute Gasteiger partial charge is 0.293 e. The molecule has 2 aromatic rings. The second-order valence-electron chi connectivity index (χ2n) is 2.56. The van der Waals surface area contributed by atoms with Crippen molar-refractivity contribution >= 4 is 22.5 Å². The molecule has 66 valence electrons. The third-order valence-corrected chi connectivity index (χ3v) is 1.94. The number of hydrogen-bond donors (Lipinski definition) is 1. The van der Waals surface area contributed by atoms with Crippen molar-refractivity contribution in [2.24, 2.45) is 0 Å². The highest BCUT2D eigenvalue weighted by Gasteiger charge is 2.02. The molecule has 1 aromatic carbocycles. The lowest BCUT2D eigenvalue weighted by atomic mass is 10.2. The Kier molecular flexibility index (Phi) is 1.70. The molecule has 0 bridgehead atoms. The first-order valence-electron chi connectivity index (χ1n) is 3.54. The van der Waals surface area contributed by atoms with E-state index in [1.54, 1.807) is 12.1 Å². The van der Waals surface area contributed by atoms with Crippen LogP contribution >= 0.6 is 11.6 Å². The zero-order valence-electron chi connectivity index (χ0n) is 6.44. The third-order valence-electron chi connectivity index (χ3n) is 1.70. The Hall–Kier alpha value is -1.55. The van der Waals surface area contributed by atoms with E-state index in [9.17, 15) is 4.79 Å². The van der Waals surface area contributed by atoms with Crippen molar-refractivity contribution in [1.82, 2.24) is 9.71 Å². The van der Waals surface area contributed by atoms with Gasteiger partial charge in [-0.2, -0.15) is 0 Å². The van der Waals surface area contributed by atoms with Gasteiger partial charge >= 0.3 is 0 Å². The summed E-state index contributed by atoms with van der Waals surface area (Å²) >= 11 is 5.69. The predicted octanol–water partition coefficient (Wildman–Crippen LogP) is 1.29. The average Bonchev–Trinajstić information content (AvgIpc) is 2.12. The molecule has 0 saturated heterocycles. The van der Waals surface area contributed by atoms with Gasteiger partial charge in [0.1, 0.15) is 6.33 Å². The van der Waals surface area contributed by atoms with Crippen molar-refractivity contribution in [1.29, 1.82) is 0 Å². The molecule has 13 heavy (non-hydrogen) atoms. The summed E-state index contributed by atoms with van der Waals surface area (Å²) in [4.78, 5) is 15.1. The fourth-order valence-corrected chi connectivity index (χ4v) is 1.26. The van der Waals surface area contributed by atoms with Crippen LogP contribution in [0, 0.1) is 0 Å². The lowest BCUT2D eigenvalue weighted by molar-refractivity contribution is 0.173. The van der Waals surface area contributed by atoms with Gasteiger partial charge in [0, 0.05) is 5.02 Å². The number of nitrogens with zero attached hydrogens (tertiary/aromatic N) is 2. The first kappa shape index (κ1) is 8.07. The van der Waals surface area contributed by atoms with Gasteiger partial charge in [0.15, 0.2) is 0 Å². The topological polar surface area (TPSA) is 55.1 Å². The minimum Gasteiger partial charge on any atom is -0.424 e. The molecule has 0 saturated carbocycles. The fourth-order valence-electron chi connectivity index (χ4n) is 1.08. The average molecular weight is 197 g/mol. The maximum absolute atomic E-state index is 11.3. The normalized spacial score (nSPS) is 10.5. The van der Waals surface area contributed by atoms with Crippen LogP contribution in [0.5, 0.6) is 0 Å². The van der Waals surface area contributed by atoms with E-state index < -0.39 is 5.56 Å². The summed E-state index contributed by atoms with van der Waals surface area (Å²) in [7, 11) is 0. The van der Waals surface area contributed by atoms with Gasteiger partial charge in [-0.15, -0.1) is 4.73 Å². The summed E-state index contributed by atoms with van der Waals surface area (Å²) in [5, 5.41) is 9.75.